The van der Waals surface area contributed by atoms with Gasteiger partial charge in [0.15, 0.2) is 6.10 Å². The van der Waals surface area contributed by atoms with E-state index in [-0.39, 0.29) is 12.0 Å². The van der Waals surface area contributed by atoms with Crippen LogP contribution in [0.3, 0.4) is 0 Å². The zero-order valence-electron chi connectivity index (χ0n) is 13.3. The van der Waals surface area contributed by atoms with Gasteiger partial charge >= 0.3 is 5.97 Å². The van der Waals surface area contributed by atoms with Gasteiger partial charge in [-0.1, -0.05) is 19.1 Å². The van der Waals surface area contributed by atoms with Gasteiger partial charge in [0.05, 0.1) is 4.92 Å². The molecular weight excluding hydrogens is 331 g/mol. The van der Waals surface area contributed by atoms with Gasteiger partial charge in [-0.15, -0.1) is 0 Å². The molecule has 1 amide bonds. The van der Waals surface area contributed by atoms with E-state index < -0.39 is 34.4 Å². The molecule has 0 aromatic heterocycles. The van der Waals surface area contributed by atoms with Crippen LogP contribution in [-0.2, 0) is 9.53 Å². The van der Waals surface area contributed by atoms with Crippen molar-refractivity contribution in [2.45, 2.75) is 19.4 Å². The molecule has 1 atom stereocenters. The lowest BCUT2D eigenvalue weighted by atomic mass is 10.2. The maximum atomic E-state index is 12.9. The summed E-state index contributed by atoms with van der Waals surface area (Å²) < 4.78 is 18.0. The number of nitro benzene ring substituents is 1. The molecule has 0 aliphatic carbocycles. The first-order valence-electron chi connectivity index (χ1n) is 7.43. The van der Waals surface area contributed by atoms with Crippen molar-refractivity contribution >= 4 is 23.3 Å². The highest BCUT2D eigenvalue weighted by Crippen LogP contribution is 2.20. The number of amides is 1. The lowest BCUT2D eigenvalue weighted by molar-refractivity contribution is -0.385. The molecule has 130 valence electrons. The third kappa shape index (κ3) is 4.60. The van der Waals surface area contributed by atoms with E-state index in [2.05, 4.69) is 5.32 Å². The van der Waals surface area contributed by atoms with Gasteiger partial charge in [-0.2, -0.15) is 0 Å². The predicted molar refractivity (Wildman–Crippen MR) is 87.6 cm³/mol. The number of esters is 1. The van der Waals surface area contributed by atoms with Crippen LogP contribution < -0.4 is 5.32 Å². The molecule has 2 aromatic rings. The van der Waals surface area contributed by atoms with Gasteiger partial charge in [-0.3, -0.25) is 14.9 Å². The number of halogens is 1. The number of nitro groups is 1. The third-order valence-corrected chi connectivity index (χ3v) is 3.34. The second kappa shape index (κ2) is 8.00. The molecule has 0 aliphatic heterocycles. The zero-order valence-corrected chi connectivity index (χ0v) is 13.3. The summed E-state index contributed by atoms with van der Waals surface area (Å²) in [6.07, 6.45) is -0.975. The molecule has 0 radical (unpaired) electrons. The topological polar surface area (TPSA) is 98.5 Å². The molecule has 0 saturated heterocycles. The Hall–Kier alpha value is -3.29. The molecule has 2 aromatic carbocycles. The lowest BCUT2D eigenvalue weighted by Gasteiger charge is -2.16. The van der Waals surface area contributed by atoms with Crippen LogP contribution in [0.2, 0.25) is 0 Å². The first-order valence-corrected chi connectivity index (χ1v) is 7.43. The molecule has 7 nitrogen and oxygen atoms in total. The van der Waals surface area contributed by atoms with Crippen LogP contribution in [0.25, 0.3) is 0 Å². The summed E-state index contributed by atoms with van der Waals surface area (Å²) in [7, 11) is 0. The first kappa shape index (κ1) is 18.1. The maximum absolute atomic E-state index is 12.9. The second-order valence-corrected chi connectivity index (χ2v) is 5.07. The molecule has 25 heavy (non-hydrogen) atoms. The van der Waals surface area contributed by atoms with E-state index in [0.29, 0.717) is 5.69 Å². The van der Waals surface area contributed by atoms with Crippen LogP contribution in [-0.4, -0.2) is 22.9 Å². The van der Waals surface area contributed by atoms with Crippen molar-refractivity contribution in [3.05, 3.63) is 70.0 Å². The van der Waals surface area contributed by atoms with Crippen molar-refractivity contribution in [1.82, 2.24) is 0 Å². The van der Waals surface area contributed by atoms with Crippen LogP contribution in [0.15, 0.2) is 48.5 Å². The Labute approximate surface area is 142 Å². The van der Waals surface area contributed by atoms with Crippen molar-refractivity contribution in [1.29, 1.82) is 0 Å². The molecule has 0 saturated carbocycles. The Morgan fingerprint density at radius 2 is 1.84 bits per heavy atom. The smallest absolute Gasteiger partial charge is 0.345 e. The van der Waals surface area contributed by atoms with Gasteiger partial charge in [0.1, 0.15) is 11.4 Å². The first-order chi connectivity index (χ1) is 11.9. The van der Waals surface area contributed by atoms with Crippen molar-refractivity contribution < 1.29 is 23.6 Å². The number of nitrogens with one attached hydrogen (secondary N) is 1. The van der Waals surface area contributed by atoms with Gasteiger partial charge < -0.3 is 10.1 Å². The number of ether oxygens (including phenoxy) is 1. The fourth-order valence-electron chi connectivity index (χ4n) is 2.08. The summed E-state index contributed by atoms with van der Waals surface area (Å²) in [6.45, 7) is 1.63. The minimum absolute atomic E-state index is 0.166. The summed E-state index contributed by atoms with van der Waals surface area (Å²) in [4.78, 5) is 34.7. The normalized spacial score (nSPS) is 11.4. The molecule has 1 unspecified atom stereocenters. The number of anilines is 1. The van der Waals surface area contributed by atoms with E-state index >= 15 is 0 Å². The second-order valence-electron chi connectivity index (χ2n) is 5.07. The zero-order chi connectivity index (χ0) is 18.4. The number of carbonyl (C=O) groups is 2. The summed E-state index contributed by atoms with van der Waals surface area (Å²) in [5.74, 6) is -2.03. The third-order valence-electron chi connectivity index (χ3n) is 3.34. The van der Waals surface area contributed by atoms with E-state index in [0.717, 1.165) is 0 Å². The molecular formula is C17H15FN2O5. The van der Waals surface area contributed by atoms with Gasteiger partial charge in [0.2, 0.25) is 0 Å². The van der Waals surface area contributed by atoms with Gasteiger partial charge in [0.25, 0.3) is 11.6 Å². The lowest BCUT2D eigenvalue weighted by Crippen LogP contribution is -2.32. The Bertz CT molecular complexity index is 792. The fourth-order valence-corrected chi connectivity index (χ4v) is 2.08. The predicted octanol–water partition coefficient (Wildman–Crippen LogP) is 3.31. The SMILES string of the molecule is CCC(OC(=O)c1ccccc1[N+](=O)[O-])C(=O)Nc1ccc(F)cc1. The Balaban J connectivity index is 2.10. The minimum Gasteiger partial charge on any atom is -0.448 e. The molecule has 1 N–H and O–H groups in total. The van der Waals surface area contributed by atoms with Gasteiger partial charge in [0, 0.05) is 11.8 Å². The number of benzene rings is 2. The quantitative estimate of drug-likeness (QED) is 0.491. The highest BCUT2D eigenvalue weighted by Gasteiger charge is 2.26. The maximum Gasteiger partial charge on any atom is 0.345 e. The average molecular weight is 346 g/mol. The minimum atomic E-state index is -1.14. The van der Waals surface area contributed by atoms with Gasteiger partial charge in [-0.25, -0.2) is 9.18 Å². The van der Waals surface area contributed by atoms with Crippen LogP contribution in [0.1, 0.15) is 23.7 Å². The highest BCUT2D eigenvalue weighted by molar-refractivity contribution is 5.99. The van der Waals surface area contributed by atoms with Crippen LogP contribution >= 0.6 is 0 Å². The van der Waals surface area contributed by atoms with Crippen molar-refractivity contribution in [3.63, 3.8) is 0 Å². The van der Waals surface area contributed by atoms with E-state index in [1.165, 1.54) is 48.5 Å². The number of hydrogen-bond donors (Lipinski definition) is 1. The van der Waals surface area contributed by atoms with E-state index in [1.54, 1.807) is 6.92 Å². The monoisotopic (exact) mass is 346 g/mol. The standard InChI is InChI=1S/C17H15FN2O5/c1-2-15(16(21)19-12-9-7-11(18)8-10-12)25-17(22)13-5-3-4-6-14(13)20(23)24/h3-10,15H,2H2,1H3,(H,19,21). The van der Waals surface area contributed by atoms with Crippen molar-refractivity contribution in [3.8, 4) is 0 Å². The largest absolute Gasteiger partial charge is 0.448 e. The summed E-state index contributed by atoms with van der Waals surface area (Å²) in [5, 5.41) is 13.5. The Kier molecular flexibility index (Phi) is 5.78. The summed E-state index contributed by atoms with van der Waals surface area (Å²) in [5.41, 5.74) is -0.298. The Morgan fingerprint density at radius 1 is 1.20 bits per heavy atom. The number of hydrogen-bond acceptors (Lipinski definition) is 5. The van der Waals surface area contributed by atoms with E-state index in [4.69, 9.17) is 4.74 Å². The number of para-hydroxylation sites is 1. The average Bonchev–Trinajstić information content (AvgIpc) is 2.61. The molecule has 0 fully saturated rings. The number of carbonyl (C=O) groups excluding carboxylic acids is 2. The number of rotatable bonds is 6. The van der Waals surface area contributed by atoms with Crippen molar-refractivity contribution in [2.75, 3.05) is 5.32 Å². The van der Waals surface area contributed by atoms with Gasteiger partial charge in [-0.05, 0) is 36.8 Å². The number of nitrogens with zero attached hydrogens (tertiary/aromatic N) is 1. The van der Waals surface area contributed by atoms with Crippen LogP contribution in [0, 0.1) is 15.9 Å². The summed E-state index contributed by atoms with van der Waals surface area (Å²) in [6, 6.07) is 10.4. The fraction of sp³-hybridized carbons (Fsp3) is 0.176. The van der Waals surface area contributed by atoms with E-state index in [1.807, 2.05) is 0 Å². The van der Waals surface area contributed by atoms with Crippen molar-refractivity contribution in [2.24, 2.45) is 0 Å². The molecule has 0 aliphatic rings. The molecule has 0 bridgehead atoms. The summed E-state index contributed by atoms with van der Waals surface area (Å²) >= 11 is 0. The molecule has 2 rings (SSSR count). The molecule has 0 heterocycles. The van der Waals surface area contributed by atoms with E-state index in [9.17, 15) is 24.1 Å². The highest BCUT2D eigenvalue weighted by atomic mass is 19.1. The van der Waals surface area contributed by atoms with Crippen LogP contribution in [0.5, 0.6) is 0 Å². The molecule has 0 spiro atoms. The molecule has 8 heteroatoms. The Morgan fingerprint density at radius 3 is 2.44 bits per heavy atom. The van der Waals surface area contributed by atoms with Crippen LogP contribution in [0.4, 0.5) is 15.8 Å².